The molecule has 0 aromatic carbocycles. The lowest BCUT2D eigenvalue weighted by atomic mass is 9.92. The van der Waals surface area contributed by atoms with Gasteiger partial charge < -0.3 is 19.1 Å². The lowest BCUT2D eigenvalue weighted by Crippen LogP contribution is -2.60. The van der Waals surface area contributed by atoms with Gasteiger partial charge in [-0.25, -0.2) is 0 Å². The van der Waals surface area contributed by atoms with Crippen molar-refractivity contribution in [3.05, 3.63) is 17.5 Å². The minimum Gasteiger partial charge on any atom is -0.367 e. The first-order valence-corrected chi connectivity index (χ1v) is 10.9. The number of likely N-dealkylation sites (tertiary alicyclic amines) is 2. The molecule has 1 saturated carbocycles. The molecule has 0 unspecified atom stereocenters. The number of ether oxygens (including phenoxy) is 1. The van der Waals surface area contributed by atoms with Crippen molar-refractivity contribution in [2.75, 3.05) is 38.5 Å². The highest BCUT2D eigenvalue weighted by molar-refractivity contribution is 8.01. The summed E-state index contributed by atoms with van der Waals surface area (Å²) in [7, 11) is 0. The monoisotopic (exact) mass is 391 g/mol. The lowest BCUT2D eigenvalue weighted by molar-refractivity contribution is -0.136. The molecule has 3 saturated heterocycles. The van der Waals surface area contributed by atoms with Crippen molar-refractivity contribution in [2.24, 2.45) is 0 Å². The van der Waals surface area contributed by atoms with Crippen LogP contribution < -0.4 is 0 Å². The van der Waals surface area contributed by atoms with Gasteiger partial charge in [0.25, 0.3) is 5.91 Å². The fourth-order valence-corrected chi connectivity index (χ4v) is 5.83. The number of carbonyl (C=O) groups excluding carboxylic acids is 2. The summed E-state index contributed by atoms with van der Waals surface area (Å²) in [6.45, 7) is 3.37. The van der Waals surface area contributed by atoms with Gasteiger partial charge in [0.15, 0.2) is 5.69 Å². The van der Waals surface area contributed by atoms with Gasteiger partial charge in [-0.15, -0.1) is 11.8 Å². The Bertz CT molecular complexity index is 735. The van der Waals surface area contributed by atoms with E-state index in [0.717, 1.165) is 69.8 Å². The van der Waals surface area contributed by atoms with Gasteiger partial charge in [-0.1, -0.05) is 5.16 Å². The average Bonchev–Trinajstić information content (AvgIpc) is 3.11. The second kappa shape index (κ2) is 6.81. The Morgan fingerprint density at radius 2 is 2.04 bits per heavy atom. The van der Waals surface area contributed by atoms with E-state index in [1.807, 2.05) is 27.6 Å². The number of hydrogen-bond acceptors (Lipinski definition) is 6. The maximum Gasteiger partial charge on any atom is 0.276 e. The summed E-state index contributed by atoms with van der Waals surface area (Å²) in [5.74, 6) is 2.28. The molecule has 0 N–H and O–H groups in total. The highest BCUT2D eigenvalue weighted by Crippen LogP contribution is 2.46. The van der Waals surface area contributed by atoms with E-state index in [9.17, 15) is 9.59 Å². The van der Waals surface area contributed by atoms with E-state index in [0.29, 0.717) is 11.6 Å². The van der Waals surface area contributed by atoms with E-state index in [4.69, 9.17) is 9.26 Å². The van der Waals surface area contributed by atoms with E-state index < -0.39 is 0 Å². The maximum atomic E-state index is 12.6. The van der Waals surface area contributed by atoms with Gasteiger partial charge in [0.1, 0.15) is 12.4 Å². The predicted molar refractivity (Wildman–Crippen MR) is 99.7 cm³/mol. The largest absolute Gasteiger partial charge is 0.367 e. The van der Waals surface area contributed by atoms with Crippen LogP contribution in [0.5, 0.6) is 0 Å². The Morgan fingerprint density at radius 3 is 2.78 bits per heavy atom. The Hall–Kier alpha value is -1.54. The smallest absolute Gasteiger partial charge is 0.276 e. The van der Waals surface area contributed by atoms with Crippen LogP contribution in [0.2, 0.25) is 0 Å². The van der Waals surface area contributed by atoms with Gasteiger partial charge in [-0.2, -0.15) is 0 Å². The molecule has 1 atom stereocenters. The zero-order valence-corrected chi connectivity index (χ0v) is 16.2. The van der Waals surface area contributed by atoms with Gasteiger partial charge in [-0.3, -0.25) is 9.59 Å². The first kappa shape index (κ1) is 17.6. The van der Waals surface area contributed by atoms with Gasteiger partial charge in [0.2, 0.25) is 5.91 Å². The Labute approximate surface area is 162 Å². The summed E-state index contributed by atoms with van der Waals surface area (Å²) in [6, 6.07) is 1.81. The van der Waals surface area contributed by atoms with Crippen LogP contribution in [0, 0.1) is 0 Å². The van der Waals surface area contributed by atoms with Crippen molar-refractivity contribution in [1.29, 1.82) is 0 Å². The molecule has 4 fully saturated rings. The maximum absolute atomic E-state index is 12.6. The van der Waals surface area contributed by atoms with Gasteiger partial charge in [-0.05, 0) is 32.1 Å². The van der Waals surface area contributed by atoms with Crippen LogP contribution >= 0.6 is 11.8 Å². The highest BCUT2D eigenvalue weighted by atomic mass is 32.2. The number of hydrogen-bond donors (Lipinski definition) is 0. The van der Waals surface area contributed by atoms with Crippen LogP contribution in [0.4, 0.5) is 0 Å². The van der Waals surface area contributed by atoms with Crippen LogP contribution in [0.3, 0.4) is 0 Å². The third-order valence-electron chi connectivity index (χ3n) is 6.05. The molecular formula is C19H25N3O4S. The van der Waals surface area contributed by atoms with Crippen LogP contribution in [-0.2, 0) is 9.53 Å². The van der Waals surface area contributed by atoms with Gasteiger partial charge in [0, 0.05) is 43.9 Å². The summed E-state index contributed by atoms with van der Waals surface area (Å²) in [6.07, 6.45) is 5.48. The van der Waals surface area contributed by atoms with Crippen LogP contribution in [-0.4, -0.2) is 76.2 Å². The van der Waals surface area contributed by atoms with Crippen LogP contribution in [0.25, 0.3) is 0 Å². The summed E-state index contributed by atoms with van der Waals surface area (Å²) in [5, 5.41) is 3.96. The Morgan fingerprint density at radius 1 is 1.26 bits per heavy atom. The molecule has 1 aromatic heterocycles. The molecule has 7 nitrogen and oxygen atoms in total. The van der Waals surface area contributed by atoms with Crippen molar-refractivity contribution >= 4 is 23.6 Å². The van der Waals surface area contributed by atoms with Crippen molar-refractivity contribution in [3.8, 4) is 0 Å². The predicted octanol–water partition coefficient (Wildman–Crippen LogP) is 1.89. The van der Waals surface area contributed by atoms with Gasteiger partial charge >= 0.3 is 0 Å². The topological polar surface area (TPSA) is 75.9 Å². The molecular weight excluding hydrogens is 366 g/mol. The molecule has 2 amide bonds. The molecule has 1 spiro atoms. The van der Waals surface area contributed by atoms with Crippen molar-refractivity contribution in [3.63, 3.8) is 0 Å². The quantitative estimate of drug-likeness (QED) is 0.763. The summed E-state index contributed by atoms with van der Waals surface area (Å²) >= 11 is 1.87. The van der Waals surface area contributed by atoms with Crippen LogP contribution in [0.15, 0.2) is 10.6 Å². The second-order valence-electron chi connectivity index (χ2n) is 8.27. The molecule has 5 rings (SSSR count). The van der Waals surface area contributed by atoms with Crippen LogP contribution in [0.1, 0.15) is 54.3 Å². The van der Waals surface area contributed by atoms with E-state index in [-0.39, 0.29) is 29.3 Å². The SMILES string of the molecule is O=C(CO[C@H]1CSC2(C1)CN(C(=O)c1cc(C3CC3)on1)C2)N1CCCC1. The lowest BCUT2D eigenvalue weighted by Gasteiger charge is -2.47. The summed E-state index contributed by atoms with van der Waals surface area (Å²) < 4.78 is 11.3. The third kappa shape index (κ3) is 3.49. The first-order valence-electron chi connectivity index (χ1n) is 9.91. The molecule has 3 aliphatic heterocycles. The van der Waals surface area contributed by atoms with Crippen molar-refractivity contribution in [1.82, 2.24) is 15.0 Å². The molecule has 27 heavy (non-hydrogen) atoms. The average molecular weight is 391 g/mol. The zero-order valence-electron chi connectivity index (χ0n) is 15.4. The molecule has 1 aliphatic carbocycles. The molecule has 0 radical (unpaired) electrons. The molecule has 1 aromatic rings. The molecule has 0 bridgehead atoms. The van der Waals surface area contributed by atoms with E-state index in [1.165, 1.54) is 0 Å². The number of nitrogens with zero attached hydrogens (tertiary/aromatic N) is 3. The first-order chi connectivity index (χ1) is 13.1. The number of amides is 2. The number of rotatable bonds is 5. The second-order valence-corrected chi connectivity index (χ2v) is 9.76. The molecule has 4 aliphatic rings. The third-order valence-corrected chi connectivity index (χ3v) is 7.62. The standard InChI is InChI=1S/C19H25N3O4S/c23-17(21-5-1-2-6-21)9-25-14-8-19(27-10-14)11-22(12-19)18(24)15-7-16(26-20-15)13-3-4-13/h7,13-14H,1-6,8-12H2/t14-/m1/s1. The number of carbonyl (C=O) groups is 2. The molecule has 4 heterocycles. The highest BCUT2D eigenvalue weighted by Gasteiger charge is 2.51. The molecule has 146 valence electrons. The number of aromatic nitrogens is 1. The van der Waals surface area contributed by atoms with Crippen molar-refractivity contribution in [2.45, 2.75) is 48.9 Å². The van der Waals surface area contributed by atoms with E-state index >= 15 is 0 Å². The minimum atomic E-state index is -0.0366. The fraction of sp³-hybridized carbons (Fsp3) is 0.737. The zero-order chi connectivity index (χ0) is 18.4. The van der Waals surface area contributed by atoms with Crippen molar-refractivity contribution < 1.29 is 18.8 Å². The minimum absolute atomic E-state index is 0.0366. The normalized spacial score (nSPS) is 26.6. The molecule has 8 heteroatoms. The van der Waals surface area contributed by atoms with E-state index in [1.54, 1.807) is 0 Å². The summed E-state index contributed by atoms with van der Waals surface area (Å²) in [5.41, 5.74) is 0.429. The number of thioether (sulfide) groups is 1. The fourth-order valence-electron chi connectivity index (χ4n) is 4.28. The summed E-state index contributed by atoms with van der Waals surface area (Å²) in [4.78, 5) is 28.4. The van der Waals surface area contributed by atoms with Gasteiger partial charge in [0.05, 0.1) is 10.9 Å². The van der Waals surface area contributed by atoms with E-state index in [2.05, 4.69) is 5.16 Å². The Balaban J connectivity index is 1.09. The Kier molecular flexibility index (Phi) is 4.43.